The minimum absolute atomic E-state index is 0.126. The molecule has 0 unspecified atom stereocenters. The highest BCUT2D eigenvalue weighted by Gasteiger charge is 2.40. The highest BCUT2D eigenvalue weighted by Crippen LogP contribution is 2.38. The van der Waals surface area contributed by atoms with Crippen molar-refractivity contribution in [2.75, 3.05) is 39.3 Å². The van der Waals surface area contributed by atoms with E-state index in [0.717, 1.165) is 55.2 Å². The van der Waals surface area contributed by atoms with Gasteiger partial charge < -0.3 is 15.5 Å². The Bertz CT molecular complexity index is 685. The number of fused-ring (bicyclic) bond motifs is 8. The second-order valence-corrected chi connectivity index (χ2v) is 11.6. The third-order valence-electron chi connectivity index (χ3n) is 9.51. The molecular formula is C28H43N3O. The first-order chi connectivity index (χ1) is 15.6. The van der Waals surface area contributed by atoms with Gasteiger partial charge in [-0.15, -0.1) is 0 Å². The van der Waals surface area contributed by atoms with Crippen molar-refractivity contribution in [3.05, 3.63) is 35.9 Å². The standard InChI is InChI=1S/C28H43N3O/c29-27(32)28(26-4-2-1-3-5-26,14-16-30-18-22-6-7-23(19-30)9-8-22)15-17-31-20-24-10-11-25(21-31)13-12-24/h1-5,22-25H,6-21H2,(H2,29,32). The van der Waals surface area contributed by atoms with Crippen LogP contribution in [0.1, 0.15) is 69.8 Å². The van der Waals surface area contributed by atoms with Gasteiger partial charge in [-0.1, -0.05) is 30.3 Å². The van der Waals surface area contributed by atoms with E-state index < -0.39 is 5.41 Å². The number of rotatable bonds is 8. The highest BCUT2D eigenvalue weighted by molar-refractivity contribution is 5.86. The summed E-state index contributed by atoms with van der Waals surface area (Å²) in [5.74, 6) is 3.32. The molecule has 0 atom stereocenters. The lowest BCUT2D eigenvalue weighted by Crippen LogP contribution is -2.47. The van der Waals surface area contributed by atoms with Gasteiger partial charge in [0.15, 0.2) is 0 Å². The van der Waals surface area contributed by atoms with Gasteiger partial charge in [0.25, 0.3) is 0 Å². The van der Waals surface area contributed by atoms with Crippen LogP contribution in [-0.4, -0.2) is 55.0 Å². The van der Waals surface area contributed by atoms with E-state index in [1.165, 1.54) is 77.5 Å². The van der Waals surface area contributed by atoms with E-state index in [1.807, 2.05) is 6.07 Å². The minimum Gasteiger partial charge on any atom is -0.369 e. The normalized spacial score (nSPS) is 32.9. The van der Waals surface area contributed by atoms with Gasteiger partial charge in [0, 0.05) is 26.2 Å². The zero-order valence-corrected chi connectivity index (χ0v) is 19.9. The minimum atomic E-state index is -0.558. The summed E-state index contributed by atoms with van der Waals surface area (Å²) in [5, 5.41) is 0. The molecule has 4 heterocycles. The van der Waals surface area contributed by atoms with Crippen molar-refractivity contribution in [2.45, 2.75) is 69.6 Å². The molecular weight excluding hydrogens is 394 g/mol. The summed E-state index contributed by atoms with van der Waals surface area (Å²) in [7, 11) is 0. The molecule has 1 amide bonds. The molecule has 4 aliphatic heterocycles. The Labute approximate surface area is 194 Å². The molecule has 7 rings (SSSR count). The van der Waals surface area contributed by atoms with Crippen LogP contribution in [0.25, 0.3) is 0 Å². The summed E-state index contributed by atoms with van der Waals surface area (Å²) in [6.45, 7) is 6.86. The van der Waals surface area contributed by atoms with E-state index in [-0.39, 0.29) is 5.91 Å². The van der Waals surface area contributed by atoms with Crippen LogP contribution in [0.2, 0.25) is 0 Å². The molecule has 6 fully saturated rings. The SMILES string of the molecule is NC(=O)C(CCN1CC2CCC(CC2)C1)(CCN1CC2CCC(CC2)C1)c1ccccc1. The van der Waals surface area contributed by atoms with Crippen LogP contribution in [0, 0.1) is 23.7 Å². The second-order valence-electron chi connectivity index (χ2n) is 11.6. The van der Waals surface area contributed by atoms with Crippen LogP contribution in [0.3, 0.4) is 0 Å². The Kier molecular flexibility index (Phi) is 6.89. The van der Waals surface area contributed by atoms with Crippen molar-refractivity contribution in [1.29, 1.82) is 0 Å². The van der Waals surface area contributed by atoms with Gasteiger partial charge in [-0.25, -0.2) is 0 Å². The number of primary amides is 1. The van der Waals surface area contributed by atoms with Crippen LogP contribution in [0.4, 0.5) is 0 Å². The average molecular weight is 438 g/mol. The fourth-order valence-electron chi connectivity index (χ4n) is 7.43. The molecule has 0 spiro atoms. The molecule has 32 heavy (non-hydrogen) atoms. The van der Waals surface area contributed by atoms with Crippen molar-refractivity contribution in [3.63, 3.8) is 0 Å². The van der Waals surface area contributed by atoms with Crippen molar-refractivity contribution in [3.8, 4) is 0 Å². The molecule has 4 bridgehead atoms. The zero-order valence-electron chi connectivity index (χ0n) is 19.9. The predicted molar refractivity (Wildman–Crippen MR) is 130 cm³/mol. The highest BCUT2D eigenvalue weighted by atomic mass is 16.1. The van der Waals surface area contributed by atoms with Gasteiger partial charge >= 0.3 is 0 Å². The zero-order chi connectivity index (χ0) is 22.0. The van der Waals surface area contributed by atoms with Crippen LogP contribution in [0.5, 0.6) is 0 Å². The summed E-state index contributed by atoms with van der Waals surface area (Å²) < 4.78 is 0. The molecule has 0 radical (unpaired) electrons. The number of carbonyl (C=O) groups excluding carboxylic acids is 1. The molecule has 1 aromatic rings. The lowest BCUT2D eigenvalue weighted by Gasteiger charge is -2.36. The Hall–Kier alpha value is -1.39. The Morgan fingerprint density at radius 2 is 1.09 bits per heavy atom. The second kappa shape index (κ2) is 9.85. The third kappa shape index (κ3) is 4.92. The lowest BCUT2D eigenvalue weighted by atomic mass is 9.73. The molecule has 4 saturated heterocycles. The molecule has 2 N–H and O–H groups in total. The van der Waals surface area contributed by atoms with E-state index in [2.05, 4.69) is 34.1 Å². The smallest absolute Gasteiger partial charge is 0.228 e. The summed E-state index contributed by atoms with van der Waals surface area (Å²) in [6.07, 6.45) is 12.9. The van der Waals surface area contributed by atoms with E-state index in [0.29, 0.717) is 0 Å². The maximum Gasteiger partial charge on any atom is 0.228 e. The van der Waals surface area contributed by atoms with Crippen LogP contribution in [0.15, 0.2) is 30.3 Å². The maximum atomic E-state index is 13.2. The maximum absolute atomic E-state index is 13.2. The molecule has 2 saturated carbocycles. The van der Waals surface area contributed by atoms with Crippen LogP contribution < -0.4 is 5.73 Å². The fraction of sp³-hybridized carbons (Fsp3) is 0.750. The predicted octanol–water partition coefficient (Wildman–Crippen LogP) is 4.43. The topological polar surface area (TPSA) is 49.6 Å². The number of carbonyl (C=O) groups is 1. The molecule has 2 aliphatic carbocycles. The lowest BCUT2D eigenvalue weighted by molar-refractivity contribution is -0.124. The van der Waals surface area contributed by atoms with Gasteiger partial charge in [0.05, 0.1) is 5.41 Å². The molecule has 4 heteroatoms. The monoisotopic (exact) mass is 437 g/mol. The number of nitrogens with two attached hydrogens (primary N) is 1. The first-order valence-corrected chi connectivity index (χ1v) is 13.4. The summed E-state index contributed by atoms with van der Waals surface area (Å²) >= 11 is 0. The Morgan fingerprint density at radius 1 is 0.719 bits per heavy atom. The number of hydrogen-bond acceptors (Lipinski definition) is 3. The first kappa shape index (κ1) is 22.4. The van der Waals surface area contributed by atoms with E-state index >= 15 is 0 Å². The molecule has 6 aliphatic rings. The third-order valence-corrected chi connectivity index (χ3v) is 9.51. The van der Waals surface area contributed by atoms with Gasteiger partial charge in [0.2, 0.25) is 5.91 Å². The van der Waals surface area contributed by atoms with Crippen LogP contribution in [-0.2, 0) is 10.2 Å². The molecule has 1 aromatic carbocycles. The van der Waals surface area contributed by atoms with Crippen molar-refractivity contribution >= 4 is 5.91 Å². The quantitative estimate of drug-likeness (QED) is 0.654. The Balaban J connectivity index is 1.32. The number of amides is 1. The number of nitrogens with zero attached hydrogens (tertiary/aromatic N) is 2. The van der Waals surface area contributed by atoms with Gasteiger partial charge in [-0.3, -0.25) is 4.79 Å². The summed E-state index contributed by atoms with van der Waals surface area (Å²) in [4.78, 5) is 18.5. The van der Waals surface area contributed by atoms with E-state index in [1.54, 1.807) is 0 Å². The molecule has 176 valence electrons. The largest absolute Gasteiger partial charge is 0.369 e. The van der Waals surface area contributed by atoms with Gasteiger partial charge in [-0.2, -0.15) is 0 Å². The van der Waals surface area contributed by atoms with Crippen molar-refractivity contribution in [2.24, 2.45) is 29.4 Å². The van der Waals surface area contributed by atoms with Gasteiger partial charge in [-0.05, 0) is 107 Å². The number of benzene rings is 1. The summed E-state index contributed by atoms with van der Waals surface area (Å²) in [6, 6.07) is 10.5. The average Bonchev–Trinajstić information content (AvgIpc) is 3.30. The number of hydrogen-bond donors (Lipinski definition) is 1. The molecule has 0 aromatic heterocycles. The summed E-state index contributed by atoms with van der Waals surface area (Å²) in [5.41, 5.74) is 6.82. The van der Waals surface area contributed by atoms with E-state index in [9.17, 15) is 4.79 Å². The van der Waals surface area contributed by atoms with Crippen LogP contribution >= 0.6 is 0 Å². The molecule has 4 nitrogen and oxygen atoms in total. The van der Waals surface area contributed by atoms with Gasteiger partial charge in [0.1, 0.15) is 0 Å². The first-order valence-electron chi connectivity index (χ1n) is 13.4. The van der Waals surface area contributed by atoms with E-state index in [4.69, 9.17) is 5.73 Å². The fourth-order valence-corrected chi connectivity index (χ4v) is 7.43. The van der Waals surface area contributed by atoms with Crippen molar-refractivity contribution < 1.29 is 4.79 Å². The van der Waals surface area contributed by atoms with Crippen molar-refractivity contribution in [1.82, 2.24) is 9.80 Å². The Morgan fingerprint density at radius 3 is 1.44 bits per heavy atom.